The minimum absolute atomic E-state index is 0.186. The Kier molecular flexibility index (Phi) is 5.58. The smallest absolute Gasteiger partial charge is 0.323 e. The molecule has 0 fully saturated rings. The lowest BCUT2D eigenvalue weighted by Crippen LogP contribution is -2.41. The Balaban J connectivity index is 2.58. The van der Waals surface area contributed by atoms with Gasteiger partial charge in [0.2, 0.25) is 0 Å². The van der Waals surface area contributed by atoms with E-state index in [1.807, 2.05) is 26.0 Å². The van der Waals surface area contributed by atoms with Crippen LogP contribution in [0.4, 0.5) is 0 Å². The lowest BCUT2D eigenvalue weighted by atomic mass is 10.0. The number of rotatable bonds is 5. The number of halogens is 1. The quantitative estimate of drug-likeness (QED) is 0.668. The molecule has 0 bridgehead atoms. The minimum Gasteiger partial charge on any atom is -0.468 e. The lowest BCUT2D eigenvalue weighted by Gasteiger charge is -2.19. The molecule has 0 radical (unpaired) electrons. The maximum absolute atomic E-state index is 11.5. The Bertz CT molecular complexity index is 365. The van der Waals surface area contributed by atoms with Gasteiger partial charge in [0.15, 0.2) is 0 Å². The zero-order valence-electron chi connectivity index (χ0n) is 10.2. The molecule has 4 nitrogen and oxygen atoms in total. The Morgan fingerprint density at radius 3 is 2.71 bits per heavy atom. The molecule has 1 aromatic rings. The van der Waals surface area contributed by atoms with E-state index >= 15 is 0 Å². The molecule has 1 atom stereocenters. The second-order valence-electron chi connectivity index (χ2n) is 4.11. The van der Waals surface area contributed by atoms with Crippen molar-refractivity contribution in [3.8, 4) is 0 Å². The largest absolute Gasteiger partial charge is 0.468 e. The van der Waals surface area contributed by atoms with Gasteiger partial charge in [0.1, 0.15) is 10.6 Å². The molecule has 0 aliphatic carbocycles. The van der Waals surface area contributed by atoms with Crippen LogP contribution in [0.2, 0.25) is 0 Å². The Morgan fingerprint density at radius 1 is 1.53 bits per heavy atom. The van der Waals surface area contributed by atoms with Crippen LogP contribution < -0.4 is 5.32 Å². The highest BCUT2D eigenvalue weighted by atomic mass is 79.9. The average molecular weight is 301 g/mol. The summed E-state index contributed by atoms with van der Waals surface area (Å²) in [4.78, 5) is 15.6. The summed E-state index contributed by atoms with van der Waals surface area (Å²) in [5.74, 6) is -0.0454. The highest BCUT2D eigenvalue weighted by Crippen LogP contribution is 2.08. The third kappa shape index (κ3) is 4.44. The van der Waals surface area contributed by atoms with E-state index in [9.17, 15) is 4.79 Å². The maximum atomic E-state index is 11.5. The van der Waals surface area contributed by atoms with E-state index in [0.29, 0.717) is 6.54 Å². The molecule has 1 N–H and O–H groups in total. The molecule has 1 aromatic heterocycles. The highest BCUT2D eigenvalue weighted by molar-refractivity contribution is 9.10. The van der Waals surface area contributed by atoms with Crippen molar-refractivity contribution < 1.29 is 9.53 Å². The summed E-state index contributed by atoms with van der Waals surface area (Å²) in [5.41, 5.74) is 1.03. The first-order valence-corrected chi connectivity index (χ1v) is 6.25. The number of methoxy groups -OCH3 is 1. The molecule has 17 heavy (non-hydrogen) atoms. The van der Waals surface area contributed by atoms with Crippen molar-refractivity contribution in [2.45, 2.75) is 26.4 Å². The third-order valence-corrected chi connectivity index (χ3v) is 2.91. The summed E-state index contributed by atoms with van der Waals surface area (Å²) in [5, 5.41) is 3.18. The summed E-state index contributed by atoms with van der Waals surface area (Å²) in [7, 11) is 1.40. The standard InChI is InChI=1S/C12H17BrN2O2/c1-8(2)11(12(16)17-3)15-7-9-4-5-10(13)14-6-9/h4-6,8,11,15H,7H2,1-3H3/t11-/m0/s1. The van der Waals surface area contributed by atoms with Gasteiger partial charge in [-0.2, -0.15) is 0 Å². The number of carbonyl (C=O) groups is 1. The number of nitrogens with zero attached hydrogens (tertiary/aromatic N) is 1. The van der Waals surface area contributed by atoms with Crippen LogP contribution in [0.25, 0.3) is 0 Å². The summed E-state index contributed by atoms with van der Waals surface area (Å²) in [6, 6.07) is 3.54. The number of ether oxygens (including phenoxy) is 1. The number of nitrogens with one attached hydrogen (secondary N) is 1. The van der Waals surface area contributed by atoms with Crippen LogP contribution in [-0.2, 0) is 16.1 Å². The Hall–Kier alpha value is -0.940. The summed E-state index contributed by atoms with van der Waals surface area (Å²) in [6.07, 6.45) is 1.77. The molecule has 0 aromatic carbocycles. The fourth-order valence-corrected chi connectivity index (χ4v) is 1.69. The van der Waals surface area contributed by atoms with Crippen molar-refractivity contribution in [2.75, 3.05) is 7.11 Å². The fraction of sp³-hybridized carbons (Fsp3) is 0.500. The first-order chi connectivity index (χ1) is 8.04. The summed E-state index contributed by atoms with van der Waals surface area (Å²) < 4.78 is 5.56. The predicted octanol–water partition coefficient (Wildman–Crippen LogP) is 2.13. The second-order valence-corrected chi connectivity index (χ2v) is 4.93. The van der Waals surface area contributed by atoms with E-state index in [2.05, 4.69) is 26.2 Å². The number of hydrogen-bond acceptors (Lipinski definition) is 4. The minimum atomic E-state index is -0.288. The van der Waals surface area contributed by atoms with Gasteiger partial charge in [-0.3, -0.25) is 4.79 Å². The van der Waals surface area contributed by atoms with E-state index in [4.69, 9.17) is 4.74 Å². The van der Waals surface area contributed by atoms with Crippen LogP contribution in [0, 0.1) is 5.92 Å². The van der Waals surface area contributed by atoms with Crippen LogP contribution in [-0.4, -0.2) is 24.1 Å². The van der Waals surface area contributed by atoms with Crippen molar-refractivity contribution in [3.63, 3.8) is 0 Å². The molecular weight excluding hydrogens is 284 g/mol. The molecule has 0 saturated carbocycles. The zero-order chi connectivity index (χ0) is 12.8. The van der Waals surface area contributed by atoms with Crippen LogP contribution in [0.1, 0.15) is 19.4 Å². The van der Waals surface area contributed by atoms with E-state index in [-0.39, 0.29) is 17.9 Å². The number of carbonyl (C=O) groups excluding carboxylic acids is 1. The van der Waals surface area contributed by atoms with Gasteiger partial charge in [0.25, 0.3) is 0 Å². The Morgan fingerprint density at radius 2 is 2.24 bits per heavy atom. The number of esters is 1. The van der Waals surface area contributed by atoms with Gasteiger partial charge in [-0.1, -0.05) is 19.9 Å². The molecule has 1 rings (SSSR count). The first kappa shape index (κ1) is 14.1. The predicted molar refractivity (Wildman–Crippen MR) is 69.4 cm³/mol. The van der Waals surface area contributed by atoms with E-state index < -0.39 is 0 Å². The molecule has 0 amide bonds. The SMILES string of the molecule is COC(=O)[C@@H](NCc1ccc(Br)nc1)C(C)C. The molecule has 0 saturated heterocycles. The second kappa shape index (κ2) is 6.71. The van der Waals surface area contributed by atoms with Gasteiger partial charge in [-0.05, 0) is 33.5 Å². The van der Waals surface area contributed by atoms with Crippen LogP contribution >= 0.6 is 15.9 Å². The van der Waals surface area contributed by atoms with Crippen LogP contribution in [0.15, 0.2) is 22.9 Å². The highest BCUT2D eigenvalue weighted by Gasteiger charge is 2.21. The van der Waals surface area contributed by atoms with Gasteiger partial charge in [-0.25, -0.2) is 4.98 Å². The fourth-order valence-electron chi connectivity index (χ4n) is 1.46. The Labute approximate surface area is 110 Å². The maximum Gasteiger partial charge on any atom is 0.323 e. The molecule has 0 unspecified atom stereocenters. The van der Waals surface area contributed by atoms with Crippen molar-refractivity contribution >= 4 is 21.9 Å². The number of aromatic nitrogens is 1. The van der Waals surface area contributed by atoms with Crippen molar-refractivity contribution in [1.29, 1.82) is 0 Å². The monoisotopic (exact) mass is 300 g/mol. The third-order valence-electron chi connectivity index (χ3n) is 2.44. The molecular formula is C12H17BrN2O2. The first-order valence-electron chi connectivity index (χ1n) is 5.46. The summed E-state index contributed by atoms with van der Waals surface area (Å²) in [6.45, 7) is 4.56. The van der Waals surface area contributed by atoms with E-state index in [1.54, 1.807) is 6.20 Å². The molecule has 5 heteroatoms. The van der Waals surface area contributed by atoms with Crippen molar-refractivity contribution in [3.05, 3.63) is 28.5 Å². The van der Waals surface area contributed by atoms with Crippen molar-refractivity contribution in [2.24, 2.45) is 5.92 Å². The van der Waals surface area contributed by atoms with E-state index in [1.165, 1.54) is 7.11 Å². The molecule has 0 aliphatic rings. The van der Waals surface area contributed by atoms with Crippen LogP contribution in [0.3, 0.4) is 0 Å². The van der Waals surface area contributed by atoms with Gasteiger partial charge in [0.05, 0.1) is 7.11 Å². The lowest BCUT2D eigenvalue weighted by molar-refractivity contribution is -0.144. The van der Waals surface area contributed by atoms with Gasteiger partial charge in [0, 0.05) is 12.7 Å². The zero-order valence-corrected chi connectivity index (χ0v) is 11.8. The molecule has 94 valence electrons. The van der Waals surface area contributed by atoms with Gasteiger partial charge in [-0.15, -0.1) is 0 Å². The van der Waals surface area contributed by atoms with Gasteiger partial charge < -0.3 is 10.1 Å². The number of pyridine rings is 1. The van der Waals surface area contributed by atoms with E-state index in [0.717, 1.165) is 10.2 Å². The van der Waals surface area contributed by atoms with Crippen LogP contribution in [0.5, 0.6) is 0 Å². The van der Waals surface area contributed by atoms with Crippen molar-refractivity contribution in [1.82, 2.24) is 10.3 Å². The molecule has 0 aliphatic heterocycles. The molecule has 0 spiro atoms. The molecule has 1 heterocycles. The summed E-state index contributed by atoms with van der Waals surface area (Å²) >= 11 is 3.28. The topological polar surface area (TPSA) is 51.2 Å². The number of hydrogen-bond donors (Lipinski definition) is 1. The average Bonchev–Trinajstić information content (AvgIpc) is 2.31. The normalized spacial score (nSPS) is 12.5. The van der Waals surface area contributed by atoms with Gasteiger partial charge >= 0.3 is 5.97 Å².